The highest BCUT2D eigenvalue weighted by molar-refractivity contribution is 7.89. The van der Waals surface area contributed by atoms with Gasteiger partial charge >= 0.3 is 0 Å². The molecule has 8 heteroatoms. The Balaban J connectivity index is 1.90. The van der Waals surface area contributed by atoms with Crippen molar-refractivity contribution >= 4 is 21.4 Å². The second kappa shape index (κ2) is 7.11. The monoisotopic (exact) mass is 369 g/mol. The Hall–Kier alpha value is -2.97. The van der Waals surface area contributed by atoms with Gasteiger partial charge in [-0.1, -0.05) is 30.3 Å². The lowest BCUT2D eigenvalue weighted by molar-refractivity contribution is 0.597. The third-order valence-corrected chi connectivity index (χ3v) is 4.83. The van der Waals surface area contributed by atoms with Crippen LogP contribution in [-0.4, -0.2) is 18.4 Å². The number of nitrogen functional groups attached to an aromatic ring is 1. The van der Waals surface area contributed by atoms with Crippen molar-refractivity contribution in [3.63, 3.8) is 0 Å². The highest BCUT2D eigenvalue weighted by Gasteiger charge is 2.13. The molecule has 0 amide bonds. The van der Waals surface area contributed by atoms with Gasteiger partial charge in [-0.15, -0.1) is 0 Å². The van der Waals surface area contributed by atoms with Gasteiger partial charge in [-0.05, 0) is 24.6 Å². The van der Waals surface area contributed by atoms with E-state index in [0.717, 1.165) is 22.5 Å². The van der Waals surface area contributed by atoms with E-state index in [-0.39, 0.29) is 4.90 Å². The van der Waals surface area contributed by atoms with Gasteiger partial charge in [-0.2, -0.15) is 0 Å². The number of hydrogen-bond acceptors (Lipinski definition) is 6. The molecule has 0 aliphatic carbocycles. The topological polar surface area (TPSA) is 124 Å². The van der Waals surface area contributed by atoms with Gasteiger partial charge in [0.25, 0.3) is 0 Å². The Morgan fingerprint density at radius 2 is 1.77 bits per heavy atom. The lowest BCUT2D eigenvalue weighted by Crippen LogP contribution is -2.13. The lowest BCUT2D eigenvalue weighted by atomic mass is 10.0. The van der Waals surface area contributed by atoms with Crippen molar-refractivity contribution in [2.45, 2.75) is 18.4 Å². The Labute approximate surface area is 152 Å². The number of sulfonamides is 1. The summed E-state index contributed by atoms with van der Waals surface area (Å²) in [6.45, 7) is 2.30. The van der Waals surface area contributed by atoms with Gasteiger partial charge in [0, 0.05) is 17.5 Å². The van der Waals surface area contributed by atoms with Crippen LogP contribution in [-0.2, 0) is 16.6 Å². The van der Waals surface area contributed by atoms with E-state index in [1.807, 2.05) is 37.3 Å². The number of aryl methyl sites for hydroxylation is 1. The van der Waals surface area contributed by atoms with Crippen LogP contribution in [0.25, 0.3) is 11.1 Å². The number of hydrogen-bond donors (Lipinski definition) is 3. The summed E-state index contributed by atoms with van der Waals surface area (Å²) in [6.07, 6.45) is 2.85. The number of benzene rings is 1. The zero-order valence-corrected chi connectivity index (χ0v) is 15.0. The normalized spacial score (nSPS) is 11.3. The summed E-state index contributed by atoms with van der Waals surface area (Å²) >= 11 is 0. The summed E-state index contributed by atoms with van der Waals surface area (Å²) in [7, 11) is -3.75. The average molecular weight is 369 g/mol. The number of anilines is 2. The fourth-order valence-electron chi connectivity index (χ4n) is 2.63. The molecule has 0 spiro atoms. The molecule has 2 heterocycles. The molecule has 0 aliphatic heterocycles. The van der Waals surface area contributed by atoms with E-state index in [2.05, 4.69) is 15.3 Å². The quantitative estimate of drug-likeness (QED) is 0.634. The Bertz CT molecular complexity index is 1020. The molecule has 7 nitrogen and oxygen atoms in total. The molecule has 0 aliphatic rings. The highest BCUT2D eigenvalue weighted by atomic mass is 32.2. The first-order valence-electron chi connectivity index (χ1n) is 7.88. The second-order valence-corrected chi connectivity index (χ2v) is 7.36. The maximum absolute atomic E-state index is 11.3. The van der Waals surface area contributed by atoms with Gasteiger partial charge in [-0.25, -0.2) is 13.6 Å². The number of primary sulfonamides is 1. The summed E-state index contributed by atoms with van der Waals surface area (Å²) in [4.78, 5) is 8.46. The Morgan fingerprint density at radius 3 is 2.38 bits per heavy atom. The minimum absolute atomic E-state index is 0.0227. The molecule has 0 bridgehead atoms. The van der Waals surface area contributed by atoms with E-state index in [1.165, 1.54) is 12.3 Å². The molecule has 26 heavy (non-hydrogen) atoms. The zero-order chi connectivity index (χ0) is 18.7. The van der Waals surface area contributed by atoms with E-state index in [0.29, 0.717) is 17.9 Å². The number of pyridine rings is 2. The van der Waals surface area contributed by atoms with Gasteiger partial charge in [0.2, 0.25) is 10.0 Å². The summed E-state index contributed by atoms with van der Waals surface area (Å²) in [5.74, 6) is 0. The SMILES string of the molecule is Cc1ncc(N)c(NCc2ccc(S(N)(=O)=O)cn2)c1-c1ccccc1. The molecule has 3 rings (SSSR count). The summed E-state index contributed by atoms with van der Waals surface area (Å²) in [5, 5.41) is 8.37. The fraction of sp³-hybridized carbons (Fsp3) is 0.111. The van der Waals surface area contributed by atoms with Gasteiger partial charge < -0.3 is 11.1 Å². The van der Waals surface area contributed by atoms with Crippen LogP contribution in [0.5, 0.6) is 0 Å². The number of nitrogens with one attached hydrogen (secondary N) is 1. The van der Waals surface area contributed by atoms with Crippen LogP contribution in [0, 0.1) is 6.92 Å². The molecule has 5 N–H and O–H groups in total. The standard InChI is InChI=1S/C18H19N5O2S/c1-12-17(13-5-3-2-4-6-13)18(16(19)11-21-12)23-9-14-7-8-15(10-22-14)26(20,24)25/h2-8,10-11H,9,19H2,1H3,(H,21,23)(H2,20,24,25). The second-order valence-electron chi connectivity index (χ2n) is 5.80. The molecule has 0 radical (unpaired) electrons. The maximum Gasteiger partial charge on any atom is 0.239 e. The van der Waals surface area contributed by atoms with E-state index in [4.69, 9.17) is 10.9 Å². The smallest absolute Gasteiger partial charge is 0.239 e. The van der Waals surface area contributed by atoms with E-state index < -0.39 is 10.0 Å². The molecule has 0 saturated heterocycles. The molecular weight excluding hydrogens is 350 g/mol. The molecule has 1 aromatic carbocycles. The Morgan fingerprint density at radius 1 is 1.04 bits per heavy atom. The molecular formula is C18H19N5O2S. The lowest BCUT2D eigenvalue weighted by Gasteiger charge is -2.16. The molecule has 0 unspecified atom stereocenters. The van der Waals surface area contributed by atoms with Crippen molar-refractivity contribution in [2.24, 2.45) is 5.14 Å². The van der Waals surface area contributed by atoms with Gasteiger partial charge in [-0.3, -0.25) is 9.97 Å². The first kappa shape index (κ1) is 17.8. The van der Waals surface area contributed by atoms with Crippen molar-refractivity contribution in [2.75, 3.05) is 11.1 Å². The predicted molar refractivity (Wildman–Crippen MR) is 102 cm³/mol. The van der Waals surface area contributed by atoms with Crippen LogP contribution in [0.2, 0.25) is 0 Å². The molecule has 134 valence electrons. The van der Waals surface area contributed by atoms with Gasteiger partial charge in [0.05, 0.1) is 29.8 Å². The number of rotatable bonds is 5. The minimum Gasteiger partial charge on any atom is -0.396 e. The summed E-state index contributed by atoms with van der Waals surface area (Å²) in [6, 6.07) is 12.9. The number of nitrogens with zero attached hydrogens (tertiary/aromatic N) is 2. The van der Waals surface area contributed by atoms with Gasteiger partial charge in [0.15, 0.2) is 0 Å². The minimum atomic E-state index is -3.75. The third kappa shape index (κ3) is 3.81. The molecule has 0 saturated carbocycles. The van der Waals surface area contributed by atoms with Crippen LogP contribution < -0.4 is 16.2 Å². The maximum atomic E-state index is 11.3. The first-order chi connectivity index (χ1) is 12.4. The Kier molecular flexibility index (Phi) is 4.88. The highest BCUT2D eigenvalue weighted by Crippen LogP contribution is 2.34. The molecule has 3 aromatic rings. The first-order valence-corrected chi connectivity index (χ1v) is 9.43. The number of aromatic nitrogens is 2. The average Bonchev–Trinajstić information content (AvgIpc) is 2.62. The van der Waals surface area contributed by atoms with Crippen molar-refractivity contribution < 1.29 is 8.42 Å². The predicted octanol–water partition coefficient (Wildman–Crippen LogP) is 2.29. The summed E-state index contributed by atoms with van der Waals surface area (Å²) in [5.41, 5.74) is 10.9. The molecule has 0 atom stereocenters. The number of nitrogens with two attached hydrogens (primary N) is 2. The van der Waals surface area contributed by atoms with Crippen molar-refractivity contribution in [3.05, 3.63) is 66.2 Å². The van der Waals surface area contributed by atoms with E-state index >= 15 is 0 Å². The zero-order valence-electron chi connectivity index (χ0n) is 14.2. The van der Waals surface area contributed by atoms with Crippen LogP contribution >= 0.6 is 0 Å². The van der Waals surface area contributed by atoms with Crippen LogP contribution in [0.1, 0.15) is 11.4 Å². The largest absolute Gasteiger partial charge is 0.396 e. The van der Waals surface area contributed by atoms with E-state index in [1.54, 1.807) is 12.3 Å². The summed E-state index contributed by atoms with van der Waals surface area (Å²) < 4.78 is 22.6. The van der Waals surface area contributed by atoms with Crippen LogP contribution in [0.4, 0.5) is 11.4 Å². The fourth-order valence-corrected chi connectivity index (χ4v) is 3.09. The molecule has 0 fully saturated rings. The van der Waals surface area contributed by atoms with Crippen molar-refractivity contribution in [3.8, 4) is 11.1 Å². The van der Waals surface area contributed by atoms with Gasteiger partial charge in [0.1, 0.15) is 4.90 Å². The van der Waals surface area contributed by atoms with E-state index in [9.17, 15) is 8.42 Å². The van der Waals surface area contributed by atoms with Crippen molar-refractivity contribution in [1.29, 1.82) is 0 Å². The molecule has 2 aromatic heterocycles. The van der Waals surface area contributed by atoms with Crippen LogP contribution in [0.3, 0.4) is 0 Å². The van der Waals surface area contributed by atoms with Crippen molar-refractivity contribution in [1.82, 2.24) is 9.97 Å². The van der Waals surface area contributed by atoms with Crippen LogP contribution in [0.15, 0.2) is 59.8 Å². The third-order valence-electron chi connectivity index (χ3n) is 3.93.